The van der Waals surface area contributed by atoms with Crippen LogP contribution in [0.4, 0.5) is 10.2 Å². The SMILES string of the molecule is Cc1cccc(SCc2nc(C)c(F)c(NN)n2)c1. The Morgan fingerprint density at radius 3 is 2.79 bits per heavy atom. The lowest BCUT2D eigenvalue weighted by Crippen LogP contribution is -2.13. The molecule has 2 rings (SSSR count). The maximum absolute atomic E-state index is 13.5. The molecule has 2 aromatic rings. The van der Waals surface area contributed by atoms with Crippen molar-refractivity contribution in [1.82, 2.24) is 9.97 Å². The molecule has 0 saturated heterocycles. The Labute approximate surface area is 115 Å². The molecular weight excluding hydrogens is 263 g/mol. The number of nitrogens with one attached hydrogen (secondary N) is 1. The van der Waals surface area contributed by atoms with Gasteiger partial charge in [-0.25, -0.2) is 20.2 Å². The van der Waals surface area contributed by atoms with E-state index in [0.29, 0.717) is 17.3 Å². The number of hydrogen-bond donors (Lipinski definition) is 2. The van der Waals surface area contributed by atoms with Crippen molar-refractivity contribution in [2.45, 2.75) is 24.5 Å². The molecule has 0 atom stereocenters. The van der Waals surface area contributed by atoms with Crippen molar-refractivity contribution in [2.24, 2.45) is 5.84 Å². The molecule has 0 amide bonds. The van der Waals surface area contributed by atoms with E-state index in [1.54, 1.807) is 18.7 Å². The highest BCUT2D eigenvalue weighted by molar-refractivity contribution is 7.98. The van der Waals surface area contributed by atoms with Crippen LogP contribution in [0.25, 0.3) is 0 Å². The van der Waals surface area contributed by atoms with Gasteiger partial charge in [-0.3, -0.25) is 0 Å². The minimum Gasteiger partial charge on any atom is -0.306 e. The van der Waals surface area contributed by atoms with E-state index in [2.05, 4.69) is 21.5 Å². The second-order valence-corrected chi connectivity index (χ2v) is 5.19. The summed E-state index contributed by atoms with van der Waals surface area (Å²) >= 11 is 1.61. The lowest BCUT2D eigenvalue weighted by molar-refractivity contribution is 0.602. The van der Waals surface area contributed by atoms with Gasteiger partial charge in [-0.15, -0.1) is 11.8 Å². The van der Waals surface area contributed by atoms with E-state index >= 15 is 0 Å². The number of hydrogen-bond acceptors (Lipinski definition) is 5. The number of aromatic nitrogens is 2. The maximum atomic E-state index is 13.5. The van der Waals surface area contributed by atoms with Gasteiger partial charge in [-0.1, -0.05) is 17.7 Å². The third-order valence-electron chi connectivity index (χ3n) is 2.56. The lowest BCUT2D eigenvalue weighted by atomic mass is 10.2. The predicted octanol–water partition coefficient (Wildman–Crippen LogP) is 2.81. The second kappa shape index (κ2) is 5.99. The van der Waals surface area contributed by atoms with Crippen LogP contribution in [0.2, 0.25) is 0 Å². The van der Waals surface area contributed by atoms with E-state index in [1.165, 1.54) is 5.56 Å². The molecule has 0 aliphatic heterocycles. The minimum atomic E-state index is -0.508. The van der Waals surface area contributed by atoms with E-state index in [4.69, 9.17) is 5.84 Å². The first kappa shape index (κ1) is 13.8. The number of rotatable bonds is 4. The molecule has 0 radical (unpaired) electrons. The van der Waals surface area contributed by atoms with Crippen LogP contribution in [0, 0.1) is 19.7 Å². The van der Waals surface area contributed by atoms with Crippen LogP contribution in [0.3, 0.4) is 0 Å². The molecule has 19 heavy (non-hydrogen) atoms. The average molecular weight is 278 g/mol. The quantitative estimate of drug-likeness (QED) is 0.511. The number of nitrogen functional groups attached to an aromatic ring is 1. The summed E-state index contributed by atoms with van der Waals surface area (Å²) in [4.78, 5) is 9.29. The lowest BCUT2D eigenvalue weighted by Gasteiger charge is -2.07. The van der Waals surface area contributed by atoms with Gasteiger partial charge in [0, 0.05) is 4.90 Å². The molecule has 1 heterocycles. The van der Waals surface area contributed by atoms with Gasteiger partial charge < -0.3 is 5.43 Å². The monoisotopic (exact) mass is 278 g/mol. The molecule has 6 heteroatoms. The highest BCUT2D eigenvalue weighted by Gasteiger charge is 2.10. The number of benzene rings is 1. The van der Waals surface area contributed by atoms with Gasteiger partial charge in [-0.05, 0) is 26.0 Å². The summed E-state index contributed by atoms with van der Waals surface area (Å²) < 4.78 is 13.5. The van der Waals surface area contributed by atoms with Crippen molar-refractivity contribution >= 4 is 17.6 Å². The molecule has 3 N–H and O–H groups in total. The van der Waals surface area contributed by atoms with Gasteiger partial charge in [0.25, 0.3) is 0 Å². The van der Waals surface area contributed by atoms with Crippen molar-refractivity contribution in [2.75, 3.05) is 5.43 Å². The van der Waals surface area contributed by atoms with E-state index < -0.39 is 5.82 Å². The smallest absolute Gasteiger partial charge is 0.187 e. The van der Waals surface area contributed by atoms with E-state index in [9.17, 15) is 4.39 Å². The summed E-state index contributed by atoms with van der Waals surface area (Å²) in [5, 5.41) is 0. The van der Waals surface area contributed by atoms with Crippen LogP contribution in [-0.4, -0.2) is 9.97 Å². The Bertz CT molecular complexity index is 589. The molecular formula is C13H15FN4S. The van der Waals surface area contributed by atoms with Gasteiger partial charge in [0.2, 0.25) is 0 Å². The van der Waals surface area contributed by atoms with Crippen LogP contribution in [0.5, 0.6) is 0 Å². The maximum Gasteiger partial charge on any atom is 0.187 e. The number of nitrogens with zero attached hydrogens (tertiary/aromatic N) is 2. The van der Waals surface area contributed by atoms with Gasteiger partial charge in [-0.2, -0.15) is 0 Å². The number of aryl methyl sites for hydroxylation is 2. The fourth-order valence-corrected chi connectivity index (χ4v) is 2.50. The summed E-state index contributed by atoms with van der Waals surface area (Å²) in [6.07, 6.45) is 0. The minimum absolute atomic E-state index is 0.0346. The third-order valence-corrected chi connectivity index (χ3v) is 3.55. The van der Waals surface area contributed by atoms with Crippen LogP contribution >= 0.6 is 11.8 Å². The van der Waals surface area contributed by atoms with Crippen molar-refractivity contribution in [3.05, 3.63) is 47.2 Å². The van der Waals surface area contributed by atoms with Crippen LogP contribution in [0.1, 0.15) is 17.1 Å². The Hall–Kier alpha value is -1.66. The first-order chi connectivity index (χ1) is 9.10. The zero-order valence-corrected chi connectivity index (χ0v) is 11.6. The number of anilines is 1. The van der Waals surface area contributed by atoms with Crippen molar-refractivity contribution in [3.8, 4) is 0 Å². The highest BCUT2D eigenvalue weighted by Crippen LogP contribution is 2.23. The molecule has 1 aromatic heterocycles. The van der Waals surface area contributed by atoms with Crippen molar-refractivity contribution in [3.63, 3.8) is 0 Å². The Morgan fingerprint density at radius 1 is 1.32 bits per heavy atom. The molecule has 1 aromatic carbocycles. The second-order valence-electron chi connectivity index (χ2n) is 4.14. The van der Waals surface area contributed by atoms with E-state index in [0.717, 1.165) is 4.90 Å². The van der Waals surface area contributed by atoms with Gasteiger partial charge in [0.15, 0.2) is 11.6 Å². The van der Waals surface area contributed by atoms with E-state index in [1.807, 2.05) is 25.1 Å². The zero-order chi connectivity index (χ0) is 13.8. The standard InChI is InChI=1S/C13H15FN4S/c1-8-4-3-5-10(6-8)19-7-11-16-9(2)12(14)13(17-11)18-15/h3-6H,7,15H2,1-2H3,(H,16,17,18). The van der Waals surface area contributed by atoms with Crippen LogP contribution < -0.4 is 11.3 Å². The average Bonchev–Trinajstić information content (AvgIpc) is 2.40. The van der Waals surface area contributed by atoms with Crippen LogP contribution in [-0.2, 0) is 5.75 Å². The third kappa shape index (κ3) is 3.42. The summed E-state index contributed by atoms with van der Waals surface area (Å²) in [5.74, 6) is 5.88. The largest absolute Gasteiger partial charge is 0.306 e. The Morgan fingerprint density at radius 2 is 2.11 bits per heavy atom. The summed E-state index contributed by atoms with van der Waals surface area (Å²) in [6, 6.07) is 8.15. The topological polar surface area (TPSA) is 63.8 Å². The van der Waals surface area contributed by atoms with Crippen LogP contribution in [0.15, 0.2) is 29.2 Å². The molecule has 0 spiro atoms. The number of hydrazine groups is 1. The molecule has 0 fully saturated rings. The fourth-order valence-electron chi connectivity index (χ4n) is 1.63. The molecule has 4 nitrogen and oxygen atoms in total. The molecule has 100 valence electrons. The van der Waals surface area contributed by atoms with Gasteiger partial charge in [0.05, 0.1) is 11.4 Å². The highest BCUT2D eigenvalue weighted by atomic mass is 32.2. The van der Waals surface area contributed by atoms with Crippen molar-refractivity contribution < 1.29 is 4.39 Å². The zero-order valence-electron chi connectivity index (χ0n) is 10.8. The predicted molar refractivity (Wildman–Crippen MR) is 75.3 cm³/mol. The molecule has 0 saturated carbocycles. The number of halogens is 1. The first-order valence-electron chi connectivity index (χ1n) is 5.79. The molecule has 0 unspecified atom stereocenters. The van der Waals surface area contributed by atoms with Gasteiger partial charge in [0.1, 0.15) is 5.82 Å². The summed E-state index contributed by atoms with van der Waals surface area (Å²) in [5.41, 5.74) is 3.74. The Balaban J connectivity index is 2.13. The van der Waals surface area contributed by atoms with Crippen molar-refractivity contribution in [1.29, 1.82) is 0 Å². The first-order valence-corrected chi connectivity index (χ1v) is 6.78. The fraction of sp³-hybridized carbons (Fsp3) is 0.231. The number of nitrogens with two attached hydrogens (primary N) is 1. The normalized spacial score (nSPS) is 10.5. The molecule has 0 aliphatic rings. The summed E-state index contributed by atoms with van der Waals surface area (Å²) in [7, 11) is 0. The van der Waals surface area contributed by atoms with Gasteiger partial charge >= 0.3 is 0 Å². The van der Waals surface area contributed by atoms with E-state index in [-0.39, 0.29) is 5.82 Å². The summed E-state index contributed by atoms with van der Waals surface area (Å²) in [6.45, 7) is 3.64. The molecule has 0 aliphatic carbocycles. The number of thioether (sulfide) groups is 1. The Kier molecular flexibility index (Phi) is 4.34. The molecule has 0 bridgehead atoms.